The van der Waals surface area contributed by atoms with Crippen molar-refractivity contribution in [3.8, 4) is 0 Å². The molecule has 1 aromatic rings. The molecule has 6 heteroatoms. The Balaban J connectivity index is 2.30. The topological polar surface area (TPSA) is 64.2 Å². The quantitative estimate of drug-likeness (QED) is 0.913. The van der Waals surface area contributed by atoms with Crippen LogP contribution in [0.2, 0.25) is 0 Å². The fourth-order valence-corrected chi connectivity index (χ4v) is 3.26. The Morgan fingerprint density at radius 3 is 2.85 bits per heavy atom. The van der Waals surface area contributed by atoms with Gasteiger partial charge >= 0.3 is 0 Å². The Labute approximate surface area is 128 Å². The van der Waals surface area contributed by atoms with Crippen molar-refractivity contribution in [2.24, 2.45) is 11.7 Å². The second-order valence-electron chi connectivity index (χ2n) is 5.75. The van der Waals surface area contributed by atoms with Crippen molar-refractivity contribution in [1.29, 1.82) is 0 Å². The lowest BCUT2D eigenvalue weighted by Gasteiger charge is -2.38. The van der Waals surface area contributed by atoms with Gasteiger partial charge in [0.25, 0.3) is 5.56 Å². The van der Waals surface area contributed by atoms with Gasteiger partial charge in [0.1, 0.15) is 4.47 Å². The highest BCUT2D eigenvalue weighted by Crippen LogP contribution is 2.28. The first-order valence-electron chi connectivity index (χ1n) is 7.23. The lowest BCUT2D eigenvalue weighted by atomic mass is 9.90. The van der Waals surface area contributed by atoms with Crippen molar-refractivity contribution in [2.75, 3.05) is 18.0 Å². The van der Waals surface area contributed by atoms with Crippen molar-refractivity contribution in [3.63, 3.8) is 0 Å². The molecule has 2 atom stereocenters. The van der Waals surface area contributed by atoms with Crippen LogP contribution in [0.1, 0.15) is 39.7 Å². The molecule has 2 heterocycles. The summed E-state index contributed by atoms with van der Waals surface area (Å²) in [6.07, 6.45) is 3.80. The summed E-state index contributed by atoms with van der Waals surface area (Å²) in [5, 5.41) is 4.28. The van der Waals surface area contributed by atoms with Crippen molar-refractivity contribution in [3.05, 3.63) is 21.0 Å². The van der Waals surface area contributed by atoms with Gasteiger partial charge in [-0.3, -0.25) is 4.79 Å². The molecule has 0 amide bonds. The first-order chi connectivity index (χ1) is 9.45. The van der Waals surface area contributed by atoms with Crippen LogP contribution in [-0.2, 0) is 0 Å². The number of nitrogens with zero attached hydrogens (tertiary/aromatic N) is 3. The standard InChI is InChI=1S/C14H23BrN4O/c1-4-10-8-18(6-5-11(10)16)12-7-17-19(9(2)3)14(20)13(12)15/h7,9-11H,4-6,8,16H2,1-3H3. The summed E-state index contributed by atoms with van der Waals surface area (Å²) in [7, 11) is 0. The Morgan fingerprint density at radius 2 is 2.25 bits per heavy atom. The summed E-state index contributed by atoms with van der Waals surface area (Å²) >= 11 is 3.45. The average Bonchev–Trinajstić information content (AvgIpc) is 2.42. The minimum Gasteiger partial charge on any atom is -0.369 e. The number of hydrogen-bond donors (Lipinski definition) is 1. The largest absolute Gasteiger partial charge is 0.369 e. The van der Waals surface area contributed by atoms with Gasteiger partial charge in [-0.05, 0) is 42.1 Å². The number of aromatic nitrogens is 2. The van der Waals surface area contributed by atoms with Crippen LogP contribution in [0.15, 0.2) is 15.5 Å². The summed E-state index contributed by atoms with van der Waals surface area (Å²) in [5.74, 6) is 0.475. The molecule has 0 saturated carbocycles. The SMILES string of the molecule is CCC1CN(c2cnn(C(C)C)c(=O)c2Br)CCC1N. The molecule has 2 N–H and O–H groups in total. The molecule has 0 aliphatic carbocycles. The number of rotatable bonds is 3. The Hall–Kier alpha value is -0.880. The highest BCUT2D eigenvalue weighted by molar-refractivity contribution is 9.10. The van der Waals surface area contributed by atoms with E-state index < -0.39 is 0 Å². The summed E-state index contributed by atoms with van der Waals surface area (Å²) in [6.45, 7) is 7.84. The number of hydrogen-bond acceptors (Lipinski definition) is 4. The Bertz CT molecular complexity index is 528. The van der Waals surface area contributed by atoms with E-state index in [1.165, 1.54) is 4.68 Å². The highest BCUT2D eigenvalue weighted by atomic mass is 79.9. The number of halogens is 1. The van der Waals surface area contributed by atoms with Gasteiger partial charge in [-0.2, -0.15) is 5.10 Å². The van der Waals surface area contributed by atoms with Gasteiger partial charge < -0.3 is 10.6 Å². The van der Waals surface area contributed by atoms with Gasteiger partial charge in [0.05, 0.1) is 17.9 Å². The zero-order chi connectivity index (χ0) is 14.9. The van der Waals surface area contributed by atoms with E-state index >= 15 is 0 Å². The van der Waals surface area contributed by atoms with E-state index in [0.29, 0.717) is 10.4 Å². The third kappa shape index (κ3) is 2.91. The smallest absolute Gasteiger partial charge is 0.283 e. The molecular weight excluding hydrogens is 320 g/mol. The summed E-state index contributed by atoms with van der Waals surface area (Å²) in [6, 6.07) is 0.324. The second-order valence-corrected chi connectivity index (χ2v) is 6.55. The van der Waals surface area contributed by atoms with E-state index in [4.69, 9.17) is 5.73 Å². The summed E-state index contributed by atoms with van der Waals surface area (Å²) in [5.41, 5.74) is 6.96. The van der Waals surface area contributed by atoms with Crippen molar-refractivity contribution < 1.29 is 0 Å². The van der Waals surface area contributed by atoms with Crippen molar-refractivity contribution in [2.45, 2.75) is 45.7 Å². The number of nitrogens with two attached hydrogens (primary N) is 1. The van der Waals surface area contributed by atoms with Crippen LogP contribution >= 0.6 is 15.9 Å². The van der Waals surface area contributed by atoms with Gasteiger partial charge in [-0.15, -0.1) is 0 Å². The zero-order valence-electron chi connectivity index (χ0n) is 12.3. The normalized spacial score (nSPS) is 23.4. The third-order valence-corrected chi connectivity index (χ3v) is 4.82. The molecule has 2 unspecified atom stereocenters. The fraction of sp³-hybridized carbons (Fsp3) is 0.714. The summed E-state index contributed by atoms with van der Waals surface area (Å²) < 4.78 is 2.10. The second kappa shape index (κ2) is 6.26. The minimum atomic E-state index is -0.0691. The van der Waals surface area contributed by atoms with Gasteiger partial charge in [-0.25, -0.2) is 4.68 Å². The van der Waals surface area contributed by atoms with E-state index in [0.717, 1.165) is 31.6 Å². The first kappa shape index (κ1) is 15.5. The molecule has 112 valence electrons. The average molecular weight is 343 g/mol. The van der Waals surface area contributed by atoms with E-state index in [1.807, 2.05) is 13.8 Å². The minimum absolute atomic E-state index is 0.0611. The molecule has 1 saturated heterocycles. The zero-order valence-corrected chi connectivity index (χ0v) is 13.9. The lowest BCUT2D eigenvalue weighted by Crippen LogP contribution is -2.47. The predicted octanol–water partition coefficient (Wildman–Crippen LogP) is 2.15. The maximum atomic E-state index is 12.3. The molecule has 1 aliphatic heterocycles. The van der Waals surface area contributed by atoms with Gasteiger partial charge in [0.2, 0.25) is 0 Å². The van der Waals surface area contributed by atoms with Crippen LogP contribution in [0.3, 0.4) is 0 Å². The lowest BCUT2D eigenvalue weighted by molar-refractivity contribution is 0.347. The highest BCUT2D eigenvalue weighted by Gasteiger charge is 2.27. The van der Waals surface area contributed by atoms with E-state index in [9.17, 15) is 4.79 Å². The molecule has 5 nitrogen and oxygen atoms in total. The molecule has 1 aliphatic rings. The molecule has 0 spiro atoms. The maximum absolute atomic E-state index is 12.3. The molecule has 0 aromatic carbocycles. The molecule has 2 rings (SSSR count). The monoisotopic (exact) mass is 342 g/mol. The molecule has 1 fully saturated rings. The van der Waals surface area contributed by atoms with Crippen LogP contribution in [0, 0.1) is 5.92 Å². The van der Waals surface area contributed by atoms with Crippen LogP contribution in [0.5, 0.6) is 0 Å². The van der Waals surface area contributed by atoms with Crippen LogP contribution < -0.4 is 16.2 Å². The Kier molecular flexibility index (Phi) is 4.86. The van der Waals surface area contributed by atoms with Gasteiger partial charge in [0.15, 0.2) is 0 Å². The van der Waals surface area contributed by atoms with Crippen molar-refractivity contribution in [1.82, 2.24) is 9.78 Å². The van der Waals surface area contributed by atoms with Crippen molar-refractivity contribution >= 4 is 21.6 Å². The van der Waals surface area contributed by atoms with E-state index in [1.54, 1.807) is 6.20 Å². The fourth-order valence-electron chi connectivity index (χ4n) is 2.73. The molecule has 1 aromatic heterocycles. The van der Waals surface area contributed by atoms with Gasteiger partial charge in [0, 0.05) is 19.1 Å². The van der Waals surface area contributed by atoms with E-state index in [2.05, 4.69) is 32.9 Å². The molecule has 0 bridgehead atoms. The predicted molar refractivity (Wildman–Crippen MR) is 85.2 cm³/mol. The summed E-state index contributed by atoms with van der Waals surface area (Å²) in [4.78, 5) is 14.5. The molecule has 20 heavy (non-hydrogen) atoms. The van der Waals surface area contributed by atoms with Crippen LogP contribution in [0.4, 0.5) is 5.69 Å². The van der Waals surface area contributed by atoms with E-state index in [-0.39, 0.29) is 17.6 Å². The molecule has 0 radical (unpaired) electrons. The van der Waals surface area contributed by atoms with Crippen LogP contribution in [0.25, 0.3) is 0 Å². The third-order valence-electron chi connectivity index (χ3n) is 4.07. The maximum Gasteiger partial charge on any atom is 0.283 e. The number of piperidine rings is 1. The molecular formula is C14H23BrN4O. The Morgan fingerprint density at radius 1 is 1.55 bits per heavy atom. The van der Waals surface area contributed by atoms with Gasteiger partial charge in [-0.1, -0.05) is 13.3 Å². The first-order valence-corrected chi connectivity index (χ1v) is 8.02. The number of anilines is 1. The van der Waals surface area contributed by atoms with Crippen LogP contribution in [-0.4, -0.2) is 28.9 Å².